The molecule has 2 aromatic rings. The third-order valence-corrected chi connectivity index (χ3v) is 8.08. The number of nitrogens with one attached hydrogen (secondary N) is 3. The van der Waals surface area contributed by atoms with Gasteiger partial charge < -0.3 is 25.6 Å². The van der Waals surface area contributed by atoms with Gasteiger partial charge in [0.1, 0.15) is 41.0 Å². The van der Waals surface area contributed by atoms with Crippen LogP contribution in [0.15, 0.2) is 46.8 Å². The molecule has 218 valence electrons. The summed E-state index contributed by atoms with van der Waals surface area (Å²) in [5, 5.41) is 30.1. The lowest BCUT2D eigenvalue weighted by Gasteiger charge is -2.49. The number of nitrogens with zero attached hydrogens (tertiary/aromatic N) is 3. The Morgan fingerprint density at radius 3 is 2.56 bits per heavy atom. The Labute approximate surface area is 242 Å². The molecule has 2 aliphatic heterocycles. The highest BCUT2D eigenvalue weighted by Crippen LogP contribution is 2.41. The number of hydrogen-bond acceptors (Lipinski definition) is 10. The van der Waals surface area contributed by atoms with Crippen LogP contribution in [0.2, 0.25) is 0 Å². The second kappa shape index (κ2) is 12.2. The van der Waals surface area contributed by atoms with Crippen molar-refractivity contribution in [3.63, 3.8) is 0 Å². The highest BCUT2D eigenvalue weighted by molar-refractivity contribution is 8.01. The van der Waals surface area contributed by atoms with Crippen molar-refractivity contribution in [1.29, 1.82) is 0 Å². The molecule has 16 heteroatoms. The number of alkyl carbamates (subject to hydrolysis) is 1. The van der Waals surface area contributed by atoms with Crippen LogP contribution in [-0.4, -0.2) is 88.7 Å². The maximum absolute atomic E-state index is 13.3. The van der Waals surface area contributed by atoms with Gasteiger partial charge in [0.05, 0.1) is 0 Å². The summed E-state index contributed by atoms with van der Waals surface area (Å²) >= 11 is 2.40. The van der Waals surface area contributed by atoms with E-state index in [9.17, 15) is 29.1 Å². The number of carbonyl (C=O) groups excluding carboxylic acids is 3. The molecule has 3 heterocycles. The monoisotopic (exact) mass is 604 g/mol. The van der Waals surface area contributed by atoms with Crippen molar-refractivity contribution in [2.24, 2.45) is 0 Å². The fraction of sp³-hybridized carbons (Fsp3) is 0.400. The second-order valence-electron chi connectivity index (χ2n) is 10.1. The quantitative estimate of drug-likeness (QED) is 0.193. The van der Waals surface area contributed by atoms with E-state index in [0.29, 0.717) is 11.1 Å². The molecule has 2 aliphatic rings. The van der Waals surface area contributed by atoms with Gasteiger partial charge in [0, 0.05) is 11.5 Å². The first-order valence-electron chi connectivity index (χ1n) is 12.3. The molecule has 0 saturated carbocycles. The van der Waals surface area contributed by atoms with Gasteiger partial charge in [-0.2, -0.15) is 0 Å². The number of thioether (sulfide) groups is 2. The fourth-order valence-electron chi connectivity index (χ4n) is 4.12. The van der Waals surface area contributed by atoms with Crippen LogP contribution in [0, 0.1) is 0 Å². The molecule has 3 amide bonds. The third-order valence-electron chi connectivity index (χ3n) is 5.81. The Kier molecular flexibility index (Phi) is 8.92. The van der Waals surface area contributed by atoms with E-state index in [1.165, 1.54) is 11.8 Å². The van der Waals surface area contributed by atoms with Crippen molar-refractivity contribution in [1.82, 2.24) is 30.7 Å². The van der Waals surface area contributed by atoms with Crippen LogP contribution >= 0.6 is 23.5 Å². The van der Waals surface area contributed by atoms with Crippen molar-refractivity contribution < 1.29 is 38.9 Å². The SMILES string of the molecule is CC(C)(C)OC(=O)NC(C(=O)NC1C(=O)N2C(C(=O)O)=C(CSc3n[nH]c(CC(=O)O)n3)CS[C@@H]12)c1ccccc1. The first-order valence-corrected chi connectivity index (χ1v) is 14.4. The van der Waals surface area contributed by atoms with E-state index in [1.807, 2.05) is 0 Å². The third kappa shape index (κ3) is 7.18. The summed E-state index contributed by atoms with van der Waals surface area (Å²) in [6, 6.07) is 6.30. The van der Waals surface area contributed by atoms with Gasteiger partial charge in [0.15, 0.2) is 0 Å². The smallest absolute Gasteiger partial charge is 0.408 e. The van der Waals surface area contributed by atoms with E-state index in [4.69, 9.17) is 9.84 Å². The van der Waals surface area contributed by atoms with E-state index >= 15 is 0 Å². The average molecular weight is 605 g/mol. The van der Waals surface area contributed by atoms with Crippen molar-refractivity contribution in [3.05, 3.63) is 53.0 Å². The number of carbonyl (C=O) groups is 5. The summed E-state index contributed by atoms with van der Waals surface area (Å²) < 4.78 is 5.30. The number of aromatic amines is 1. The van der Waals surface area contributed by atoms with Gasteiger partial charge in [-0.25, -0.2) is 14.6 Å². The van der Waals surface area contributed by atoms with Gasteiger partial charge in [-0.15, -0.1) is 16.9 Å². The molecule has 4 rings (SSSR count). The summed E-state index contributed by atoms with van der Waals surface area (Å²) in [5.74, 6) is -3.03. The number of aromatic nitrogens is 3. The lowest BCUT2D eigenvalue weighted by atomic mass is 10.0. The minimum atomic E-state index is -1.29. The highest BCUT2D eigenvalue weighted by Gasteiger charge is 2.54. The largest absolute Gasteiger partial charge is 0.481 e. The van der Waals surface area contributed by atoms with E-state index in [1.54, 1.807) is 51.1 Å². The maximum Gasteiger partial charge on any atom is 0.408 e. The summed E-state index contributed by atoms with van der Waals surface area (Å²) in [6.45, 7) is 5.07. The molecule has 2 unspecified atom stereocenters. The molecule has 0 spiro atoms. The van der Waals surface area contributed by atoms with Gasteiger partial charge in [-0.1, -0.05) is 42.1 Å². The number of benzene rings is 1. The molecule has 0 aliphatic carbocycles. The zero-order valence-corrected chi connectivity index (χ0v) is 23.9. The van der Waals surface area contributed by atoms with Crippen molar-refractivity contribution in [2.45, 2.75) is 55.4 Å². The Hall–Kier alpha value is -4.05. The number of hydrogen-bond donors (Lipinski definition) is 5. The number of fused-ring (bicyclic) bond motifs is 1. The van der Waals surface area contributed by atoms with Gasteiger partial charge in [0.2, 0.25) is 11.1 Å². The number of β-lactam (4-membered cyclic amide) rings is 1. The predicted octanol–water partition coefficient (Wildman–Crippen LogP) is 1.53. The first-order chi connectivity index (χ1) is 19.3. The first kappa shape index (κ1) is 29.9. The molecule has 3 atom stereocenters. The predicted molar refractivity (Wildman–Crippen MR) is 147 cm³/mol. The van der Waals surface area contributed by atoms with E-state index in [-0.39, 0.29) is 34.6 Å². The van der Waals surface area contributed by atoms with Crippen LogP contribution in [0.4, 0.5) is 4.79 Å². The fourth-order valence-corrected chi connectivity index (χ4v) is 6.42. The Morgan fingerprint density at radius 1 is 1.22 bits per heavy atom. The molecule has 1 fully saturated rings. The lowest BCUT2D eigenvalue weighted by Crippen LogP contribution is -2.71. The zero-order chi connectivity index (χ0) is 29.9. The molecule has 1 aromatic heterocycles. The second-order valence-corrected chi connectivity index (χ2v) is 12.1. The Balaban J connectivity index is 1.46. The van der Waals surface area contributed by atoms with Crippen LogP contribution < -0.4 is 10.6 Å². The Morgan fingerprint density at radius 2 is 1.93 bits per heavy atom. The van der Waals surface area contributed by atoms with Gasteiger partial charge >= 0.3 is 18.0 Å². The number of aliphatic carboxylic acids is 2. The van der Waals surface area contributed by atoms with Crippen LogP contribution in [-0.2, 0) is 30.3 Å². The molecule has 0 radical (unpaired) electrons. The van der Waals surface area contributed by atoms with Crippen molar-refractivity contribution in [2.75, 3.05) is 11.5 Å². The highest BCUT2D eigenvalue weighted by atomic mass is 32.2. The molecular formula is C25H28N6O8S2. The molecule has 1 saturated heterocycles. The molecule has 14 nitrogen and oxygen atoms in total. The molecule has 41 heavy (non-hydrogen) atoms. The standard InChI is InChI=1S/C25H28N6O8S2/c1-25(2,3)39-24(38)28-16(12-7-5-4-6-8-12)19(34)27-17-20(35)31-18(22(36)37)13(10-40-21(17)31)11-41-23-26-14(29-30-23)9-15(32)33/h4-8,16-17,21H,9-11H2,1-3H3,(H,27,34)(H,28,38)(H,32,33)(H,36,37)(H,26,29,30)/t16?,17?,21-/m0/s1. The van der Waals surface area contributed by atoms with Crippen LogP contribution in [0.1, 0.15) is 38.2 Å². The summed E-state index contributed by atoms with van der Waals surface area (Å²) in [5.41, 5.74) is -0.0430. The maximum atomic E-state index is 13.3. The van der Waals surface area contributed by atoms with E-state index < -0.39 is 52.9 Å². The Bertz CT molecular complexity index is 1390. The van der Waals surface area contributed by atoms with Crippen molar-refractivity contribution in [3.8, 4) is 0 Å². The number of carboxylic acid groups (broad SMARTS) is 2. The minimum Gasteiger partial charge on any atom is -0.481 e. The zero-order valence-electron chi connectivity index (χ0n) is 22.2. The minimum absolute atomic E-state index is 0.155. The van der Waals surface area contributed by atoms with Crippen LogP contribution in [0.25, 0.3) is 0 Å². The summed E-state index contributed by atoms with van der Waals surface area (Å²) in [7, 11) is 0. The van der Waals surface area contributed by atoms with Crippen LogP contribution in [0.5, 0.6) is 0 Å². The lowest BCUT2D eigenvalue weighted by molar-refractivity contribution is -0.151. The van der Waals surface area contributed by atoms with Gasteiger partial charge in [-0.05, 0) is 31.9 Å². The number of rotatable bonds is 10. The number of carboxylic acids is 2. The van der Waals surface area contributed by atoms with Gasteiger partial charge in [0.25, 0.3) is 5.91 Å². The van der Waals surface area contributed by atoms with E-state index in [0.717, 1.165) is 16.7 Å². The number of H-pyrrole nitrogens is 1. The normalized spacial score (nSPS) is 19.1. The topological polar surface area (TPSA) is 204 Å². The molecule has 1 aromatic carbocycles. The van der Waals surface area contributed by atoms with Gasteiger partial charge in [-0.3, -0.25) is 24.4 Å². The average Bonchev–Trinajstić information content (AvgIpc) is 3.34. The number of amides is 3. The number of ether oxygens (including phenoxy) is 1. The molecule has 5 N–H and O–H groups in total. The summed E-state index contributed by atoms with van der Waals surface area (Å²) in [6.07, 6.45) is -1.14. The van der Waals surface area contributed by atoms with Crippen molar-refractivity contribution >= 4 is 53.4 Å². The molecular weight excluding hydrogens is 576 g/mol. The van der Waals surface area contributed by atoms with Crippen LogP contribution in [0.3, 0.4) is 0 Å². The molecule has 0 bridgehead atoms. The summed E-state index contributed by atoms with van der Waals surface area (Å²) in [4.78, 5) is 67.2. The van der Waals surface area contributed by atoms with E-state index in [2.05, 4.69) is 25.8 Å².